The maximum atomic E-state index is 5.85. The first-order chi connectivity index (χ1) is 8.24. The number of nitrogens with zero attached hydrogens (tertiary/aromatic N) is 3. The van der Waals surface area contributed by atoms with Crippen LogP contribution in [0.4, 0.5) is 0 Å². The Hall–Kier alpha value is -1.35. The third kappa shape index (κ3) is 3.86. The number of hydrogen-bond donors (Lipinski definition) is 0. The van der Waals surface area contributed by atoms with Gasteiger partial charge in [-0.05, 0) is 36.5 Å². The molecule has 3 nitrogen and oxygen atoms in total. The largest absolute Gasteiger partial charge is 0.253 e. The lowest BCUT2D eigenvalue weighted by atomic mass is 10.0. The summed E-state index contributed by atoms with van der Waals surface area (Å²) in [5.41, 5.74) is 1.33. The first-order valence-corrected chi connectivity index (χ1v) is 6.18. The summed E-state index contributed by atoms with van der Waals surface area (Å²) in [6, 6.07) is 8.06. The molecule has 2 rings (SSSR count). The summed E-state index contributed by atoms with van der Waals surface area (Å²) < 4.78 is 1.88. The molecule has 90 valence electrons. The SMILES string of the molecule is CC(CCc1ccc(Cl)cc1)Cn1cncn1. The Morgan fingerprint density at radius 2 is 2.06 bits per heavy atom. The summed E-state index contributed by atoms with van der Waals surface area (Å²) in [4.78, 5) is 3.94. The van der Waals surface area contributed by atoms with Crippen molar-refractivity contribution in [3.63, 3.8) is 0 Å². The Morgan fingerprint density at radius 1 is 1.29 bits per heavy atom. The molecule has 1 unspecified atom stereocenters. The zero-order chi connectivity index (χ0) is 12.1. The maximum Gasteiger partial charge on any atom is 0.137 e. The molecule has 4 heteroatoms. The topological polar surface area (TPSA) is 30.7 Å². The van der Waals surface area contributed by atoms with Crippen LogP contribution in [0.15, 0.2) is 36.9 Å². The monoisotopic (exact) mass is 249 g/mol. The van der Waals surface area contributed by atoms with E-state index in [-0.39, 0.29) is 0 Å². The van der Waals surface area contributed by atoms with Crippen LogP contribution in [0.25, 0.3) is 0 Å². The molecule has 2 aromatic rings. The molecule has 0 N–H and O–H groups in total. The third-order valence-electron chi connectivity index (χ3n) is 2.80. The van der Waals surface area contributed by atoms with Crippen LogP contribution in [-0.2, 0) is 13.0 Å². The van der Waals surface area contributed by atoms with E-state index in [0.717, 1.165) is 24.4 Å². The molecule has 0 fully saturated rings. The van der Waals surface area contributed by atoms with Gasteiger partial charge in [0, 0.05) is 11.6 Å². The highest BCUT2D eigenvalue weighted by Crippen LogP contribution is 2.14. The van der Waals surface area contributed by atoms with E-state index in [1.807, 2.05) is 16.8 Å². The molecule has 0 amide bonds. The normalized spacial score (nSPS) is 12.6. The van der Waals surface area contributed by atoms with Crippen LogP contribution < -0.4 is 0 Å². The molecule has 1 aromatic heterocycles. The van der Waals surface area contributed by atoms with Crippen LogP contribution in [0.5, 0.6) is 0 Å². The second kappa shape index (κ2) is 5.82. The van der Waals surface area contributed by atoms with E-state index in [2.05, 4.69) is 29.1 Å². The minimum atomic E-state index is 0.590. The van der Waals surface area contributed by atoms with Crippen LogP contribution in [0.3, 0.4) is 0 Å². The van der Waals surface area contributed by atoms with Gasteiger partial charge in [-0.2, -0.15) is 5.10 Å². The highest BCUT2D eigenvalue weighted by Gasteiger charge is 2.04. The number of hydrogen-bond acceptors (Lipinski definition) is 2. The first-order valence-electron chi connectivity index (χ1n) is 5.81. The van der Waals surface area contributed by atoms with Crippen molar-refractivity contribution in [1.29, 1.82) is 0 Å². The molecule has 1 atom stereocenters. The summed E-state index contributed by atoms with van der Waals surface area (Å²) in [6.07, 6.45) is 5.55. The molecule has 0 saturated heterocycles. The molecule has 0 bridgehead atoms. The van der Waals surface area contributed by atoms with Gasteiger partial charge in [-0.15, -0.1) is 0 Å². The molecule has 1 heterocycles. The number of aryl methyl sites for hydroxylation is 1. The molecule has 0 saturated carbocycles. The van der Waals surface area contributed by atoms with E-state index in [0.29, 0.717) is 5.92 Å². The second-order valence-corrected chi connectivity index (χ2v) is 4.82. The van der Waals surface area contributed by atoms with Crippen molar-refractivity contribution < 1.29 is 0 Å². The lowest BCUT2D eigenvalue weighted by Crippen LogP contribution is -2.09. The number of benzene rings is 1. The van der Waals surface area contributed by atoms with E-state index < -0.39 is 0 Å². The first kappa shape index (κ1) is 12.1. The smallest absolute Gasteiger partial charge is 0.137 e. The van der Waals surface area contributed by atoms with Crippen LogP contribution in [0.1, 0.15) is 18.9 Å². The molecule has 1 aromatic carbocycles. The van der Waals surface area contributed by atoms with Crippen molar-refractivity contribution in [2.75, 3.05) is 0 Å². The second-order valence-electron chi connectivity index (χ2n) is 4.39. The maximum absolute atomic E-state index is 5.85. The van der Waals surface area contributed by atoms with Crippen LogP contribution in [0, 0.1) is 5.92 Å². The average Bonchev–Trinajstić information content (AvgIpc) is 2.81. The fourth-order valence-corrected chi connectivity index (χ4v) is 1.93. The van der Waals surface area contributed by atoms with E-state index in [4.69, 9.17) is 11.6 Å². The standard InChI is InChI=1S/C13H16ClN3/c1-11(8-17-10-15-9-16-17)2-3-12-4-6-13(14)7-5-12/h4-7,9-11H,2-3,8H2,1H3. The Kier molecular flexibility index (Phi) is 4.15. The van der Waals surface area contributed by atoms with Crippen molar-refractivity contribution in [2.24, 2.45) is 5.92 Å². The van der Waals surface area contributed by atoms with E-state index in [9.17, 15) is 0 Å². The van der Waals surface area contributed by atoms with E-state index in [1.165, 1.54) is 5.56 Å². The molecule has 0 aliphatic heterocycles. The number of rotatable bonds is 5. The Bertz CT molecular complexity index is 436. The number of halogens is 1. The quantitative estimate of drug-likeness (QED) is 0.815. The van der Waals surface area contributed by atoms with Gasteiger partial charge in [0.25, 0.3) is 0 Å². The van der Waals surface area contributed by atoms with Crippen LogP contribution in [0.2, 0.25) is 5.02 Å². The van der Waals surface area contributed by atoms with E-state index in [1.54, 1.807) is 12.7 Å². The predicted octanol–water partition coefficient (Wildman–Crippen LogP) is 3.20. The van der Waals surface area contributed by atoms with Crippen molar-refractivity contribution in [3.8, 4) is 0 Å². The Labute approximate surface area is 106 Å². The Balaban J connectivity index is 1.79. The fourth-order valence-electron chi connectivity index (χ4n) is 1.80. The van der Waals surface area contributed by atoms with E-state index >= 15 is 0 Å². The van der Waals surface area contributed by atoms with Gasteiger partial charge in [0.2, 0.25) is 0 Å². The summed E-state index contributed by atoms with van der Waals surface area (Å²) in [5.74, 6) is 0.590. The van der Waals surface area contributed by atoms with Gasteiger partial charge in [0.05, 0.1) is 0 Å². The number of aromatic nitrogens is 3. The van der Waals surface area contributed by atoms with Gasteiger partial charge in [0.1, 0.15) is 12.7 Å². The van der Waals surface area contributed by atoms with Crippen molar-refractivity contribution in [2.45, 2.75) is 26.3 Å². The lowest BCUT2D eigenvalue weighted by molar-refractivity contribution is 0.423. The average molecular weight is 250 g/mol. The highest BCUT2D eigenvalue weighted by molar-refractivity contribution is 6.30. The summed E-state index contributed by atoms with van der Waals surface area (Å²) >= 11 is 5.85. The van der Waals surface area contributed by atoms with Gasteiger partial charge < -0.3 is 0 Å². The molecule has 0 aliphatic rings. The highest BCUT2D eigenvalue weighted by atomic mass is 35.5. The van der Waals surface area contributed by atoms with Crippen molar-refractivity contribution in [1.82, 2.24) is 14.8 Å². The zero-order valence-electron chi connectivity index (χ0n) is 9.88. The molecular weight excluding hydrogens is 234 g/mol. The molecule has 0 radical (unpaired) electrons. The van der Waals surface area contributed by atoms with Gasteiger partial charge in [0.15, 0.2) is 0 Å². The van der Waals surface area contributed by atoms with Crippen molar-refractivity contribution >= 4 is 11.6 Å². The minimum Gasteiger partial charge on any atom is -0.253 e. The predicted molar refractivity (Wildman–Crippen MR) is 69.0 cm³/mol. The molecular formula is C13H16ClN3. The lowest BCUT2D eigenvalue weighted by Gasteiger charge is -2.10. The van der Waals surface area contributed by atoms with Crippen LogP contribution in [-0.4, -0.2) is 14.8 Å². The fraction of sp³-hybridized carbons (Fsp3) is 0.385. The summed E-state index contributed by atoms with van der Waals surface area (Å²) in [6.45, 7) is 3.16. The van der Waals surface area contributed by atoms with Gasteiger partial charge in [-0.1, -0.05) is 30.7 Å². The van der Waals surface area contributed by atoms with Crippen LogP contribution >= 0.6 is 11.6 Å². The van der Waals surface area contributed by atoms with Gasteiger partial charge in [-0.25, -0.2) is 4.98 Å². The Morgan fingerprint density at radius 3 is 2.71 bits per heavy atom. The molecule has 0 spiro atoms. The minimum absolute atomic E-state index is 0.590. The van der Waals surface area contributed by atoms with Gasteiger partial charge in [-0.3, -0.25) is 4.68 Å². The summed E-state index contributed by atoms with van der Waals surface area (Å²) in [5, 5.41) is 4.91. The van der Waals surface area contributed by atoms with Gasteiger partial charge >= 0.3 is 0 Å². The third-order valence-corrected chi connectivity index (χ3v) is 3.06. The molecule has 17 heavy (non-hydrogen) atoms. The molecule has 0 aliphatic carbocycles. The zero-order valence-corrected chi connectivity index (χ0v) is 10.6. The summed E-state index contributed by atoms with van der Waals surface area (Å²) in [7, 11) is 0. The van der Waals surface area contributed by atoms with Crippen molar-refractivity contribution in [3.05, 3.63) is 47.5 Å².